The smallest absolute Gasteiger partial charge is 0.0871 e. The van der Waals surface area contributed by atoms with Gasteiger partial charge in [-0.25, -0.2) is 5.90 Å². The van der Waals surface area contributed by atoms with E-state index in [0.717, 1.165) is 6.42 Å². The summed E-state index contributed by atoms with van der Waals surface area (Å²) in [6.07, 6.45) is 0.824. The highest BCUT2D eigenvalue weighted by atomic mass is 16.6. The molecule has 0 bridgehead atoms. The Balaban J connectivity index is 2.82. The van der Waals surface area contributed by atoms with Crippen molar-refractivity contribution in [2.24, 2.45) is 5.90 Å². The second-order valence-corrected chi connectivity index (χ2v) is 4.04. The molecule has 0 atom stereocenters. The first-order valence-electron chi connectivity index (χ1n) is 5.06. The summed E-state index contributed by atoms with van der Waals surface area (Å²) in [5.74, 6) is 5.00. The van der Waals surface area contributed by atoms with E-state index in [1.54, 1.807) is 7.11 Å². The maximum atomic E-state index is 5.43. The molecule has 0 aromatic heterocycles. The Morgan fingerprint density at radius 3 is 2.67 bits per heavy atom. The van der Waals surface area contributed by atoms with Crippen LogP contribution in [0, 0.1) is 0 Å². The van der Waals surface area contributed by atoms with E-state index >= 15 is 0 Å². The summed E-state index contributed by atoms with van der Waals surface area (Å²) in [5, 5.41) is 0. The van der Waals surface area contributed by atoms with Crippen LogP contribution in [0.15, 0.2) is 24.3 Å². The normalized spacial score (nSPS) is 11.7. The molecule has 0 aliphatic heterocycles. The topological polar surface area (TPSA) is 44.5 Å². The van der Waals surface area contributed by atoms with E-state index in [1.807, 2.05) is 19.9 Å². The van der Waals surface area contributed by atoms with Crippen molar-refractivity contribution in [1.82, 2.24) is 0 Å². The van der Waals surface area contributed by atoms with Gasteiger partial charge in [0.25, 0.3) is 0 Å². The summed E-state index contributed by atoms with van der Waals surface area (Å²) in [6, 6.07) is 8.29. The second-order valence-electron chi connectivity index (χ2n) is 4.04. The van der Waals surface area contributed by atoms with Gasteiger partial charge in [0, 0.05) is 7.11 Å². The van der Waals surface area contributed by atoms with Crippen LogP contribution in [0.4, 0.5) is 0 Å². The Morgan fingerprint density at radius 1 is 1.33 bits per heavy atom. The van der Waals surface area contributed by atoms with Crippen molar-refractivity contribution in [1.29, 1.82) is 0 Å². The molecule has 15 heavy (non-hydrogen) atoms. The van der Waals surface area contributed by atoms with E-state index in [9.17, 15) is 0 Å². The lowest BCUT2D eigenvalue weighted by Crippen LogP contribution is -2.19. The van der Waals surface area contributed by atoms with Gasteiger partial charge in [-0.3, -0.25) is 0 Å². The zero-order chi connectivity index (χ0) is 11.3. The third-order valence-corrected chi connectivity index (χ3v) is 2.64. The average Bonchev–Trinajstić information content (AvgIpc) is 2.27. The van der Waals surface area contributed by atoms with Gasteiger partial charge in [0.15, 0.2) is 0 Å². The molecule has 0 heterocycles. The van der Waals surface area contributed by atoms with Crippen LogP contribution in [0.1, 0.15) is 25.0 Å². The number of hydrogen-bond donors (Lipinski definition) is 1. The zero-order valence-electron chi connectivity index (χ0n) is 9.62. The number of hydrogen-bond acceptors (Lipinski definition) is 3. The molecule has 1 rings (SSSR count). The van der Waals surface area contributed by atoms with Crippen LogP contribution in [-0.2, 0) is 21.6 Å². The van der Waals surface area contributed by atoms with Gasteiger partial charge in [-0.2, -0.15) is 0 Å². The Morgan fingerprint density at radius 2 is 2.07 bits per heavy atom. The summed E-state index contributed by atoms with van der Waals surface area (Å²) in [4.78, 5) is 4.57. The molecule has 0 aliphatic carbocycles. The molecule has 0 fully saturated rings. The van der Waals surface area contributed by atoms with E-state index in [0.29, 0.717) is 6.61 Å². The molecular weight excluding hydrogens is 190 g/mol. The van der Waals surface area contributed by atoms with Crippen molar-refractivity contribution in [3.05, 3.63) is 35.4 Å². The number of nitrogens with two attached hydrogens (primary N) is 1. The van der Waals surface area contributed by atoms with Gasteiger partial charge in [-0.1, -0.05) is 24.3 Å². The van der Waals surface area contributed by atoms with Crippen molar-refractivity contribution < 1.29 is 9.57 Å². The fourth-order valence-corrected chi connectivity index (χ4v) is 1.40. The predicted octanol–water partition coefficient (Wildman–Crippen LogP) is 2.00. The summed E-state index contributed by atoms with van der Waals surface area (Å²) in [6.45, 7) is 4.63. The van der Waals surface area contributed by atoms with Crippen LogP contribution in [0.3, 0.4) is 0 Å². The Kier molecular flexibility index (Phi) is 4.27. The molecule has 0 aliphatic rings. The standard InChI is InChI=1S/C12H19NO2/c1-12(2,14-3)11-6-4-5-10(9-11)7-8-15-13/h4-6,9H,7-8,13H2,1-3H3. The first-order valence-corrected chi connectivity index (χ1v) is 5.06. The molecule has 0 saturated carbocycles. The molecule has 1 aromatic rings. The van der Waals surface area contributed by atoms with E-state index in [-0.39, 0.29) is 5.60 Å². The van der Waals surface area contributed by atoms with Crippen molar-refractivity contribution in [2.45, 2.75) is 25.9 Å². The highest BCUT2D eigenvalue weighted by molar-refractivity contribution is 5.27. The third-order valence-electron chi connectivity index (χ3n) is 2.64. The monoisotopic (exact) mass is 209 g/mol. The van der Waals surface area contributed by atoms with E-state index in [2.05, 4.69) is 23.0 Å². The van der Waals surface area contributed by atoms with Crippen LogP contribution in [0.2, 0.25) is 0 Å². The van der Waals surface area contributed by atoms with Gasteiger partial charge in [0.1, 0.15) is 0 Å². The van der Waals surface area contributed by atoms with E-state index in [4.69, 9.17) is 10.6 Å². The molecular formula is C12H19NO2. The maximum absolute atomic E-state index is 5.43. The lowest BCUT2D eigenvalue weighted by molar-refractivity contribution is 0.0191. The summed E-state index contributed by atoms with van der Waals surface area (Å²) in [7, 11) is 1.72. The number of benzene rings is 1. The van der Waals surface area contributed by atoms with E-state index < -0.39 is 0 Å². The van der Waals surface area contributed by atoms with Gasteiger partial charge in [0.05, 0.1) is 12.2 Å². The molecule has 0 unspecified atom stereocenters. The first kappa shape index (κ1) is 12.2. The molecule has 0 radical (unpaired) electrons. The molecule has 0 spiro atoms. The minimum absolute atomic E-state index is 0.250. The average molecular weight is 209 g/mol. The first-order chi connectivity index (χ1) is 7.10. The molecule has 2 N–H and O–H groups in total. The number of methoxy groups -OCH3 is 1. The fourth-order valence-electron chi connectivity index (χ4n) is 1.40. The highest BCUT2D eigenvalue weighted by Crippen LogP contribution is 2.24. The molecule has 1 aromatic carbocycles. The quantitative estimate of drug-likeness (QED) is 0.754. The van der Waals surface area contributed by atoms with Gasteiger partial charge >= 0.3 is 0 Å². The SMILES string of the molecule is COC(C)(C)c1cccc(CCON)c1. The van der Waals surface area contributed by atoms with Gasteiger partial charge < -0.3 is 9.57 Å². The lowest BCUT2D eigenvalue weighted by atomic mass is 9.95. The van der Waals surface area contributed by atoms with Gasteiger partial charge in [-0.15, -0.1) is 0 Å². The molecule has 0 saturated heterocycles. The Bertz CT molecular complexity index is 310. The van der Waals surface area contributed by atoms with Crippen molar-refractivity contribution >= 4 is 0 Å². The summed E-state index contributed by atoms with van der Waals surface area (Å²) >= 11 is 0. The van der Waals surface area contributed by atoms with Crippen molar-refractivity contribution in [2.75, 3.05) is 13.7 Å². The number of ether oxygens (including phenoxy) is 1. The number of rotatable bonds is 5. The van der Waals surface area contributed by atoms with E-state index in [1.165, 1.54) is 11.1 Å². The van der Waals surface area contributed by atoms with Crippen LogP contribution < -0.4 is 5.90 Å². The molecule has 3 nitrogen and oxygen atoms in total. The summed E-state index contributed by atoms with van der Waals surface area (Å²) in [5.41, 5.74) is 2.13. The largest absolute Gasteiger partial charge is 0.374 e. The van der Waals surface area contributed by atoms with Gasteiger partial charge in [0.2, 0.25) is 0 Å². The molecule has 84 valence electrons. The van der Waals surface area contributed by atoms with Crippen LogP contribution >= 0.6 is 0 Å². The Hall–Kier alpha value is -0.900. The van der Waals surface area contributed by atoms with Crippen molar-refractivity contribution in [3.8, 4) is 0 Å². The highest BCUT2D eigenvalue weighted by Gasteiger charge is 2.19. The lowest BCUT2D eigenvalue weighted by Gasteiger charge is -2.24. The molecule has 3 heteroatoms. The Labute approximate surface area is 91.1 Å². The minimum atomic E-state index is -0.250. The maximum Gasteiger partial charge on any atom is 0.0871 e. The second kappa shape index (κ2) is 5.26. The van der Waals surface area contributed by atoms with Crippen molar-refractivity contribution in [3.63, 3.8) is 0 Å². The van der Waals surface area contributed by atoms with Gasteiger partial charge in [-0.05, 0) is 31.4 Å². The minimum Gasteiger partial charge on any atom is -0.374 e. The summed E-state index contributed by atoms with van der Waals surface area (Å²) < 4.78 is 5.43. The zero-order valence-corrected chi connectivity index (χ0v) is 9.62. The van der Waals surface area contributed by atoms with Crippen LogP contribution in [-0.4, -0.2) is 13.7 Å². The third kappa shape index (κ3) is 3.30. The fraction of sp³-hybridized carbons (Fsp3) is 0.500. The molecule has 0 amide bonds. The van der Waals surface area contributed by atoms with Crippen LogP contribution in [0.25, 0.3) is 0 Å². The predicted molar refractivity (Wildman–Crippen MR) is 60.3 cm³/mol. The van der Waals surface area contributed by atoms with Crippen LogP contribution in [0.5, 0.6) is 0 Å².